The largest absolute Gasteiger partial charge is 0.306 e. The molecular weight excluding hydrogens is 182 g/mol. The van der Waals surface area contributed by atoms with Crippen molar-refractivity contribution < 1.29 is 0 Å². The number of benzene rings is 1. The molecule has 0 amide bonds. The molecule has 0 aromatic heterocycles. The van der Waals surface area contributed by atoms with Crippen LogP contribution in [0, 0.1) is 24.2 Å². The highest BCUT2D eigenvalue weighted by Gasteiger charge is 1.83. The molecule has 0 unspecified atom stereocenters. The SMILES string of the molecule is C#CCCCNCC#Cc1ccccc1. The molecule has 0 aliphatic rings. The zero-order valence-corrected chi connectivity index (χ0v) is 8.79. The highest BCUT2D eigenvalue weighted by Crippen LogP contribution is 1.94. The summed E-state index contributed by atoms with van der Waals surface area (Å²) in [7, 11) is 0. The van der Waals surface area contributed by atoms with Crippen molar-refractivity contribution in [3.05, 3.63) is 35.9 Å². The van der Waals surface area contributed by atoms with Gasteiger partial charge in [0.2, 0.25) is 0 Å². The van der Waals surface area contributed by atoms with E-state index >= 15 is 0 Å². The van der Waals surface area contributed by atoms with E-state index in [0.717, 1.165) is 31.5 Å². The van der Waals surface area contributed by atoms with Crippen molar-refractivity contribution in [1.29, 1.82) is 0 Å². The average Bonchev–Trinajstić information content (AvgIpc) is 2.29. The third-order valence-corrected chi connectivity index (χ3v) is 1.89. The minimum absolute atomic E-state index is 0.722. The van der Waals surface area contributed by atoms with E-state index in [4.69, 9.17) is 6.42 Å². The molecule has 15 heavy (non-hydrogen) atoms. The highest BCUT2D eigenvalue weighted by molar-refractivity contribution is 5.33. The molecule has 0 saturated heterocycles. The lowest BCUT2D eigenvalue weighted by Gasteiger charge is -1.95. The van der Waals surface area contributed by atoms with Crippen molar-refractivity contribution in [3.63, 3.8) is 0 Å². The highest BCUT2D eigenvalue weighted by atomic mass is 14.8. The van der Waals surface area contributed by atoms with Crippen molar-refractivity contribution >= 4 is 0 Å². The molecule has 0 saturated carbocycles. The quantitative estimate of drug-likeness (QED) is 0.575. The Kier molecular flexibility index (Phi) is 5.82. The van der Waals surface area contributed by atoms with Gasteiger partial charge >= 0.3 is 0 Å². The summed E-state index contributed by atoms with van der Waals surface area (Å²) in [6, 6.07) is 9.98. The van der Waals surface area contributed by atoms with Crippen LogP contribution in [0.25, 0.3) is 0 Å². The van der Waals surface area contributed by atoms with Gasteiger partial charge in [0, 0.05) is 12.0 Å². The third-order valence-electron chi connectivity index (χ3n) is 1.89. The molecule has 0 aliphatic heterocycles. The molecule has 1 aromatic carbocycles. The van der Waals surface area contributed by atoms with Gasteiger partial charge in [0.15, 0.2) is 0 Å². The molecule has 0 heterocycles. The molecule has 0 aliphatic carbocycles. The summed E-state index contributed by atoms with van der Waals surface area (Å²) < 4.78 is 0. The Morgan fingerprint density at radius 1 is 1.20 bits per heavy atom. The van der Waals surface area contributed by atoms with E-state index in [1.54, 1.807) is 0 Å². The first-order valence-corrected chi connectivity index (χ1v) is 5.11. The van der Waals surface area contributed by atoms with Gasteiger partial charge in [0.05, 0.1) is 6.54 Å². The Balaban J connectivity index is 2.16. The lowest BCUT2D eigenvalue weighted by atomic mass is 10.2. The van der Waals surface area contributed by atoms with Gasteiger partial charge in [-0.1, -0.05) is 30.0 Å². The van der Waals surface area contributed by atoms with Crippen LogP contribution >= 0.6 is 0 Å². The van der Waals surface area contributed by atoms with E-state index in [0.29, 0.717) is 0 Å². The maximum absolute atomic E-state index is 5.14. The van der Waals surface area contributed by atoms with Gasteiger partial charge in [-0.2, -0.15) is 0 Å². The maximum atomic E-state index is 5.14. The van der Waals surface area contributed by atoms with Gasteiger partial charge in [-0.15, -0.1) is 12.3 Å². The van der Waals surface area contributed by atoms with E-state index in [-0.39, 0.29) is 0 Å². The molecule has 76 valence electrons. The first kappa shape index (κ1) is 11.4. The molecule has 0 bridgehead atoms. The van der Waals surface area contributed by atoms with Crippen LogP contribution in [0.2, 0.25) is 0 Å². The molecule has 0 spiro atoms. The van der Waals surface area contributed by atoms with Crippen LogP contribution in [-0.2, 0) is 0 Å². The number of hydrogen-bond donors (Lipinski definition) is 1. The summed E-state index contributed by atoms with van der Waals surface area (Å²) in [5.74, 6) is 8.76. The van der Waals surface area contributed by atoms with Crippen LogP contribution in [0.5, 0.6) is 0 Å². The van der Waals surface area contributed by atoms with Gasteiger partial charge in [-0.3, -0.25) is 0 Å². The first-order valence-electron chi connectivity index (χ1n) is 5.11. The number of hydrogen-bond acceptors (Lipinski definition) is 1. The second-order valence-corrected chi connectivity index (χ2v) is 3.15. The zero-order valence-electron chi connectivity index (χ0n) is 8.79. The van der Waals surface area contributed by atoms with Crippen LogP contribution in [0.15, 0.2) is 30.3 Å². The van der Waals surface area contributed by atoms with Gasteiger partial charge < -0.3 is 5.32 Å². The topological polar surface area (TPSA) is 12.0 Å². The van der Waals surface area contributed by atoms with Crippen LogP contribution in [0.3, 0.4) is 0 Å². The molecular formula is C14H15N. The van der Waals surface area contributed by atoms with Crippen molar-refractivity contribution in [1.82, 2.24) is 5.32 Å². The number of nitrogens with one attached hydrogen (secondary N) is 1. The normalized spacial score (nSPS) is 8.73. The van der Waals surface area contributed by atoms with Gasteiger partial charge in [0.1, 0.15) is 0 Å². The van der Waals surface area contributed by atoms with E-state index in [1.807, 2.05) is 30.3 Å². The molecule has 1 N–H and O–H groups in total. The first-order chi connectivity index (χ1) is 7.43. The summed E-state index contributed by atoms with van der Waals surface area (Å²) in [5.41, 5.74) is 1.06. The summed E-state index contributed by atoms with van der Waals surface area (Å²) in [5, 5.41) is 3.22. The minimum atomic E-state index is 0.722. The zero-order chi connectivity index (χ0) is 10.8. The minimum Gasteiger partial charge on any atom is -0.306 e. The predicted octanol–water partition coefficient (Wildman–Crippen LogP) is 2.04. The molecule has 1 aromatic rings. The molecule has 0 atom stereocenters. The van der Waals surface area contributed by atoms with Gasteiger partial charge in [-0.05, 0) is 25.1 Å². The van der Waals surface area contributed by atoms with E-state index in [9.17, 15) is 0 Å². The number of rotatable bonds is 4. The summed E-state index contributed by atoms with van der Waals surface area (Å²) in [4.78, 5) is 0. The maximum Gasteiger partial charge on any atom is 0.0580 e. The van der Waals surface area contributed by atoms with E-state index in [1.165, 1.54) is 0 Å². The van der Waals surface area contributed by atoms with Crippen LogP contribution in [0.1, 0.15) is 18.4 Å². The second kappa shape index (κ2) is 7.68. The molecule has 0 radical (unpaired) electrons. The molecule has 0 fully saturated rings. The Hall–Kier alpha value is -1.70. The Bertz CT molecular complexity index is 362. The van der Waals surface area contributed by atoms with E-state index in [2.05, 4.69) is 23.1 Å². The predicted molar refractivity (Wildman–Crippen MR) is 64.3 cm³/mol. The fourth-order valence-corrected chi connectivity index (χ4v) is 1.13. The average molecular weight is 197 g/mol. The smallest absolute Gasteiger partial charge is 0.0580 e. The summed E-state index contributed by atoms with van der Waals surface area (Å²) in [6.45, 7) is 1.66. The van der Waals surface area contributed by atoms with Crippen LogP contribution in [-0.4, -0.2) is 13.1 Å². The summed E-state index contributed by atoms with van der Waals surface area (Å²) in [6.07, 6.45) is 6.99. The van der Waals surface area contributed by atoms with Gasteiger partial charge in [0.25, 0.3) is 0 Å². The lowest BCUT2D eigenvalue weighted by molar-refractivity contribution is 0.713. The standard InChI is InChI=1S/C14H15N/c1-2-3-7-12-15-13-8-11-14-9-5-4-6-10-14/h1,4-6,9-10,15H,3,7,12-13H2. The number of unbranched alkanes of at least 4 members (excludes halogenated alkanes) is 1. The second-order valence-electron chi connectivity index (χ2n) is 3.15. The van der Waals surface area contributed by atoms with Crippen molar-refractivity contribution in [2.45, 2.75) is 12.8 Å². The van der Waals surface area contributed by atoms with Gasteiger partial charge in [-0.25, -0.2) is 0 Å². The fraction of sp³-hybridized carbons (Fsp3) is 0.286. The van der Waals surface area contributed by atoms with Crippen molar-refractivity contribution in [2.75, 3.05) is 13.1 Å². The Morgan fingerprint density at radius 2 is 2.00 bits per heavy atom. The summed E-state index contributed by atoms with van der Waals surface area (Å²) >= 11 is 0. The third kappa shape index (κ3) is 5.57. The number of terminal acetylenes is 1. The Labute approximate surface area is 91.9 Å². The van der Waals surface area contributed by atoms with Crippen molar-refractivity contribution in [3.8, 4) is 24.2 Å². The fourth-order valence-electron chi connectivity index (χ4n) is 1.13. The van der Waals surface area contributed by atoms with Crippen molar-refractivity contribution in [2.24, 2.45) is 0 Å². The molecule has 1 nitrogen and oxygen atoms in total. The molecule has 1 heteroatoms. The van der Waals surface area contributed by atoms with Crippen LogP contribution < -0.4 is 5.32 Å². The lowest BCUT2D eigenvalue weighted by Crippen LogP contribution is -2.14. The van der Waals surface area contributed by atoms with Crippen LogP contribution in [0.4, 0.5) is 0 Å². The van der Waals surface area contributed by atoms with E-state index < -0.39 is 0 Å². The molecule has 1 rings (SSSR count). The Morgan fingerprint density at radius 3 is 2.73 bits per heavy atom. The monoisotopic (exact) mass is 197 g/mol.